The molecule has 0 aliphatic carbocycles. The first-order valence-corrected chi connectivity index (χ1v) is 5.66. The van der Waals surface area contributed by atoms with E-state index in [-0.39, 0.29) is 0 Å². The van der Waals surface area contributed by atoms with Crippen LogP contribution in [-0.2, 0) is 6.54 Å². The van der Waals surface area contributed by atoms with Gasteiger partial charge < -0.3 is 5.73 Å². The molecule has 0 aliphatic rings. The van der Waals surface area contributed by atoms with Gasteiger partial charge in [0.15, 0.2) is 11.6 Å². The third kappa shape index (κ3) is 2.24. The molecule has 0 saturated heterocycles. The van der Waals surface area contributed by atoms with Crippen molar-refractivity contribution in [1.82, 2.24) is 15.0 Å². The summed E-state index contributed by atoms with van der Waals surface area (Å²) in [5, 5.41) is 8.20. The van der Waals surface area contributed by atoms with Crippen LogP contribution in [-0.4, -0.2) is 15.0 Å². The largest absolute Gasteiger partial charge is 0.399 e. The number of nitrogen functional groups attached to an aromatic ring is 1. The van der Waals surface area contributed by atoms with Gasteiger partial charge in [0, 0.05) is 17.8 Å². The number of rotatable bonds is 2. The summed E-state index contributed by atoms with van der Waals surface area (Å²) in [5.74, 6) is -1.85. The maximum atomic E-state index is 13.1. The van der Waals surface area contributed by atoms with Gasteiger partial charge in [-0.05, 0) is 17.7 Å². The molecule has 3 rings (SSSR count). The van der Waals surface area contributed by atoms with Gasteiger partial charge in [-0.15, -0.1) is 0 Å². The van der Waals surface area contributed by atoms with Crippen molar-refractivity contribution < 1.29 is 8.78 Å². The van der Waals surface area contributed by atoms with Crippen LogP contribution in [0.15, 0.2) is 36.4 Å². The Kier molecular flexibility index (Phi) is 2.63. The fraction of sp³-hybridized carbons (Fsp3) is 0.0769. The highest BCUT2D eigenvalue weighted by molar-refractivity contribution is 5.73. The minimum atomic E-state index is -0.924. The first-order chi connectivity index (χ1) is 9.11. The van der Waals surface area contributed by atoms with E-state index in [1.165, 1.54) is 4.80 Å². The van der Waals surface area contributed by atoms with Gasteiger partial charge in [0.05, 0.1) is 6.54 Å². The monoisotopic (exact) mass is 260 g/mol. The second-order valence-corrected chi connectivity index (χ2v) is 4.23. The molecule has 19 heavy (non-hydrogen) atoms. The van der Waals surface area contributed by atoms with E-state index >= 15 is 0 Å². The van der Waals surface area contributed by atoms with E-state index in [2.05, 4.69) is 10.2 Å². The number of hydrogen-bond donors (Lipinski definition) is 1. The summed E-state index contributed by atoms with van der Waals surface area (Å²) in [6, 6.07) is 9.33. The molecule has 0 saturated carbocycles. The first kappa shape index (κ1) is 11.6. The third-order valence-corrected chi connectivity index (χ3v) is 2.77. The van der Waals surface area contributed by atoms with Crippen LogP contribution in [0.4, 0.5) is 14.5 Å². The van der Waals surface area contributed by atoms with Crippen molar-refractivity contribution in [3.63, 3.8) is 0 Å². The second-order valence-electron chi connectivity index (χ2n) is 4.23. The van der Waals surface area contributed by atoms with Gasteiger partial charge in [0.25, 0.3) is 0 Å². The molecule has 2 aromatic carbocycles. The number of aromatic nitrogens is 3. The Morgan fingerprint density at radius 2 is 1.47 bits per heavy atom. The molecule has 2 N–H and O–H groups in total. The van der Waals surface area contributed by atoms with Crippen LogP contribution in [0.1, 0.15) is 5.56 Å². The Bertz CT molecular complexity index is 695. The number of hydrogen-bond acceptors (Lipinski definition) is 3. The second kappa shape index (κ2) is 4.31. The zero-order chi connectivity index (χ0) is 13.4. The number of benzene rings is 2. The molecule has 0 fully saturated rings. The minimum Gasteiger partial charge on any atom is -0.399 e. The molecule has 4 nitrogen and oxygen atoms in total. The fourth-order valence-electron chi connectivity index (χ4n) is 1.81. The van der Waals surface area contributed by atoms with Crippen LogP contribution < -0.4 is 5.73 Å². The highest BCUT2D eigenvalue weighted by Gasteiger charge is 2.09. The van der Waals surface area contributed by atoms with E-state index in [4.69, 9.17) is 5.73 Å². The molecule has 0 unspecified atom stereocenters. The summed E-state index contributed by atoms with van der Waals surface area (Å²) in [5.41, 5.74) is 7.88. The molecule has 1 aromatic heterocycles. The molecule has 0 aliphatic heterocycles. The molecule has 1 heterocycles. The van der Waals surface area contributed by atoms with E-state index in [0.29, 0.717) is 23.3 Å². The van der Waals surface area contributed by atoms with Crippen molar-refractivity contribution in [3.8, 4) is 0 Å². The predicted molar refractivity (Wildman–Crippen MR) is 67.4 cm³/mol. The topological polar surface area (TPSA) is 56.7 Å². The Balaban J connectivity index is 1.95. The van der Waals surface area contributed by atoms with Crippen LogP contribution in [0.3, 0.4) is 0 Å². The molecule has 96 valence electrons. The highest BCUT2D eigenvalue weighted by Crippen LogP contribution is 2.15. The first-order valence-electron chi connectivity index (χ1n) is 5.66. The highest BCUT2D eigenvalue weighted by atomic mass is 19.2. The van der Waals surface area contributed by atoms with Crippen LogP contribution in [0.5, 0.6) is 0 Å². The Morgan fingerprint density at radius 1 is 0.947 bits per heavy atom. The van der Waals surface area contributed by atoms with Gasteiger partial charge in [0.1, 0.15) is 11.0 Å². The Hall–Kier alpha value is -2.50. The molecule has 3 aromatic rings. The van der Waals surface area contributed by atoms with Crippen LogP contribution in [0, 0.1) is 11.6 Å². The normalized spacial score (nSPS) is 11.1. The molecular formula is C13H10F2N4. The van der Waals surface area contributed by atoms with E-state index in [0.717, 1.165) is 17.7 Å². The average Bonchev–Trinajstić information content (AvgIpc) is 2.74. The lowest BCUT2D eigenvalue weighted by atomic mass is 10.2. The SMILES string of the molecule is Nc1ccc(Cn2nc3cc(F)c(F)cc3n2)cc1. The van der Waals surface area contributed by atoms with Gasteiger partial charge in [-0.3, -0.25) is 0 Å². The maximum absolute atomic E-state index is 13.1. The smallest absolute Gasteiger partial charge is 0.161 e. The maximum Gasteiger partial charge on any atom is 0.161 e. The molecule has 0 atom stereocenters. The van der Waals surface area contributed by atoms with Gasteiger partial charge >= 0.3 is 0 Å². The number of anilines is 1. The van der Waals surface area contributed by atoms with Crippen LogP contribution >= 0.6 is 0 Å². The van der Waals surface area contributed by atoms with Crippen molar-refractivity contribution in [2.24, 2.45) is 0 Å². The molecule has 0 bridgehead atoms. The molecule has 0 amide bonds. The quantitative estimate of drug-likeness (QED) is 0.719. The van der Waals surface area contributed by atoms with Gasteiger partial charge in [-0.2, -0.15) is 15.0 Å². The van der Waals surface area contributed by atoms with Crippen molar-refractivity contribution in [2.75, 3.05) is 5.73 Å². The summed E-state index contributed by atoms with van der Waals surface area (Å²) in [4.78, 5) is 1.40. The van der Waals surface area contributed by atoms with Crippen molar-refractivity contribution in [2.45, 2.75) is 6.54 Å². The minimum absolute atomic E-state index is 0.328. The fourth-order valence-corrected chi connectivity index (χ4v) is 1.81. The van der Waals surface area contributed by atoms with Crippen LogP contribution in [0.2, 0.25) is 0 Å². The summed E-state index contributed by atoms with van der Waals surface area (Å²) in [7, 11) is 0. The summed E-state index contributed by atoms with van der Waals surface area (Å²) < 4.78 is 26.1. The van der Waals surface area contributed by atoms with Crippen LogP contribution in [0.25, 0.3) is 11.0 Å². The zero-order valence-electron chi connectivity index (χ0n) is 9.85. The number of nitrogens with two attached hydrogens (primary N) is 1. The standard InChI is InChI=1S/C13H10F2N4/c14-10-5-12-13(6-11(10)15)18-19(17-12)7-8-1-3-9(16)4-2-8/h1-6H,7,16H2. The third-order valence-electron chi connectivity index (χ3n) is 2.77. The zero-order valence-corrected chi connectivity index (χ0v) is 9.85. The Labute approximate surface area is 107 Å². The van der Waals surface area contributed by atoms with Crippen molar-refractivity contribution in [1.29, 1.82) is 0 Å². The van der Waals surface area contributed by atoms with E-state index < -0.39 is 11.6 Å². The number of fused-ring (bicyclic) bond motifs is 1. The van der Waals surface area contributed by atoms with Gasteiger partial charge in [-0.1, -0.05) is 12.1 Å². The Morgan fingerprint density at radius 3 is 2.00 bits per heavy atom. The van der Waals surface area contributed by atoms with Crippen molar-refractivity contribution in [3.05, 3.63) is 53.6 Å². The molecule has 6 heteroatoms. The number of halogens is 2. The summed E-state index contributed by atoms with van der Waals surface area (Å²) in [6.45, 7) is 0.415. The lowest BCUT2D eigenvalue weighted by Crippen LogP contribution is -2.03. The van der Waals surface area contributed by atoms with Crippen molar-refractivity contribution >= 4 is 16.7 Å². The molecular weight excluding hydrogens is 250 g/mol. The average molecular weight is 260 g/mol. The van der Waals surface area contributed by atoms with E-state index in [1.54, 1.807) is 12.1 Å². The lowest BCUT2D eigenvalue weighted by Gasteiger charge is -2.00. The molecule has 0 radical (unpaired) electrons. The molecule has 0 spiro atoms. The van der Waals surface area contributed by atoms with Gasteiger partial charge in [0.2, 0.25) is 0 Å². The predicted octanol–water partition coefficient (Wildman–Crippen LogP) is 2.34. The van der Waals surface area contributed by atoms with E-state index in [9.17, 15) is 8.78 Å². The van der Waals surface area contributed by atoms with Gasteiger partial charge in [-0.25, -0.2) is 8.78 Å². The summed E-state index contributed by atoms with van der Waals surface area (Å²) >= 11 is 0. The summed E-state index contributed by atoms with van der Waals surface area (Å²) in [6.07, 6.45) is 0. The number of nitrogens with zero attached hydrogens (tertiary/aromatic N) is 3. The lowest BCUT2D eigenvalue weighted by molar-refractivity contribution is 0.510. The van der Waals surface area contributed by atoms with E-state index in [1.807, 2.05) is 12.1 Å².